The van der Waals surface area contributed by atoms with Gasteiger partial charge in [0.25, 0.3) is 0 Å². The van der Waals surface area contributed by atoms with Crippen molar-refractivity contribution < 1.29 is 40.5 Å². The molecule has 0 spiro atoms. The second-order valence-corrected chi connectivity index (χ2v) is 9.88. The van der Waals surface area contributed by atoms with Crippen molar-refractivity contribution in [3.8, 4) is 0 Å². The van der Waals surface area contributed by atoms with E-state index in [0.717, 1.165) is 12.8 Å². The van der Waals surface area contributed by atoms with Gasteiger partial charge in [-0.05, 0) is 0 Å². The summed E-state index contributed by atoms with van der Waals surface area (Å²) in [4.78, 5) is 23.9. The summed E-state index contributed by atoms with van der Waals surface area (Å²) >= 11 is 2.08. The topological polar surface area (TPSA) is 74.5 Å². The van der Waals surface area contributed by atoms with Crippen LogP contribution in [0.25, 0.3) is 0 Å². The Kier molecular flexibility index (Phi) is 3.29. The Labute approximate surface area is 129 Å². The predicted octanol–water partition coefficient (Wildman–Crippen LogP) is -1.90. The number of fused-ring (bicyclic) bond motifs is 3. The molecule has 0 radical (unpaired) electrons. The third-order valence-corrected chi connectivity index (χ3v) is 8.49. The van der Waals surface area contributed by atoms with Crippen LogP contribution in [0, 0.1) is 5.92 Å². The molecule has 4 aliphatic rings. The number of alkyl halides is 2. The zero-order valence-electron chi connectivity index (χ0n) is 9.87. The Morgan fingerprint density at radius 2 is 2.22 bits per heavy atom. The SMILES string of the molecule is CC(I)(C(=O)OC12CCC(CC1)C(=O)O2)C1N[I-]1. The van der Waals surface area contributed by atoms with Crippen LogP contribution in [0.1, 0.15) is 32.6 Å². The molecule has 3 heterocycles. The van der Waals surface area contributed by atoms with Crippen molar-refractivity contribution >= 4 is 34.5 Å². The third-order valence-electron chi connectivity index (χ3n) is 3.74. The molecule has 1 aliphatic carbocycles. The summed E-state index contributed by atoms with van der Waals surface area (Å²) in [5.74, 6) is -1.41. The number of carbonyl (C=O) groups excluding carboxylic acids is 2. The van der Waals surface area contributed by atoms with E-state index in [0.29, 0.717) is 12.8 Å². The van der Waals surface area contributed by atoms with Crippen molar-refractivity contribution in [3.63, 3.8) is 0 Å². The molecule has 2 unspecified atom stereocenters. The van der Waals surface area contributed by atoms with Crippen molar-refractivity contribution in [2.45, 2.75) is 45.9 Å². The molecule has 0 amide bonds. The first-order valence-electron chi connectivity index (χ1n) is 5.96. The Hall–Kier alpha value is 0.360. The summed E-state index contributed by atoms with van der Waals surface area (Å²) in [5, 5.41) is 0. The van der Waals surface area contributed by atoms with Crippen LogP contribution in [-0.4, -0.2) is 25.2 Å². The number of ether oxygens (including phenoxy) is 2. The first-order valence-corrected chi connectivity index (χ1v) is 9.36. The van der Waals surface area contributed by atoms with Crippen LogP contribution in [-0.2, 0) is 19.1 Å². The number of nitrogens with one attached hydrogen (secondary N) is 1. The Morgan fingerprint density at radius 3 is 2.72 bits per heavy atom. The van der Waals surface area contributed by atoms with Gasteiger partial charge in [0.2, 0.25) is 0 Å². The third kappa shape index (κ3) is 2.26. The molecule has 0 aromatic carbocycles. The van der Waals surface area contributed by atoms with Gasteiger partial charge in [0.05, 0.1) is 0 Å². The average Bonchev–Trinajstić information content (AvgIpc) is 3.13. The summed E-state index contributed by atoms with van der Waals surface area (Å²) in [6.07, 6.45) is 2.85. The zero-order valence-corrected chi connectivity index (χ0v) is 14.2. The molecule has 3 saturated heterocycles. The molecule has 102 valence electrons. The number of esters is 2. The van der Waals surface area contributed by atoms with Crippen LogP contribution < -0.4 is 25.0 Å². The fourth-order valence-electron chi connectivity index (χ4n) is 2.39. The molecule has 3 aliphatic heterocycles. The van der Waals surface area contributed by atoms with E-state index in [-0.39, 0.29) is 43.4 Å². The molecule has 1 N–H and O–H groups in total. The number of halogens is 2. The van der Waals surface area contributed by atoms with Gasteiger partial charge in [-0.15, -0.1) is 0 Å². The van der Waals surface area contributed by atoms with E-state index in [1.165, 1.54) is 0 Å². The van der Waals surface area contributed by atoms with Crippen molar-refractivity contribution in [3.05, 3.63) is 0 Å². The van der Waals surface area contributed by atoms with Crippen LogP contribution in [0.2, 0.25) is 0 Å². The molecule has 4 fully saturated rings. The second-order valence-electron chi connectivity index (χ2n) is 5.15. The summed E-state index contributed by atoms with van der Waals surface area (Å²) < 4.78 is 13.9. The van der Waals surface area contributed by atoms with E-state index in [4.69, 9.17) is 9.47 Å². The fourth-order valence-corrected chi connectivity index (χ4v) is 5.69. The van der Waals surface area contributed by atoms with E-state index in [1.54, 1.807) is 0 Å². The Balaban J connectivity index is 1.71. The van der Waals surface area contributed by atoms with Crippen molar-refractivity contribution in [1.82, 2.24) is 3.53 Å². The Bertz CT molecular complexity index is 400. The second kappa shape index (κ2) is 4.44. The summed E-state index contributed by atoms with van der Waals surface area (Å²) in [6, 6.07) is 0. The van der Waals surface area contributed by atoms with Gasteiger partial charge in [0.1, 0.15) is 0 Å². The average molecular weight is 478 g/mol. The van der Waals surface area contributed by atoms with Gasteiger partial charge in [-0.1, -0.05) is 0 Å². The van der Waals surface area contributed by atoms with Crippen LogP contribution in [0.5, 0.6) is 0 Å². The summed E-state index contributed by atoms with van der Waals surface area (Å²) in [7, 11) is 0. The van der Waals surface area contributed by atoms with E-state index >= 15 is 0 Å². The van der Waals surface area contributed by atoms with Gasteiger partial charge in [-0.2, -0.15) is 0 Å². The molecule has 0 aromatic rings. The Morgan fingerprint density at radius 1 is 1.61 bits per heavy atom. The van der Waals surface area contributed by atoms with E-state index in [2.05, 4.69) is 26.1 Å². The van der Waals surface area contributed by atoms with Crippen LogP contribution >= 0.6 is 22.6 Å². The fraction of sp³-hybridized carbons (Fsp3) is 0.818. The normalized spacial score (nSPS) is 41.3. The van der Waals surface area contributed by atoms with Crippen LogP contribution in [0.3, 0.4) is 0 Å². The van der Waals surface area contributed by atoms with Gasteiger partial charge in [0, 0.05) is 0 Å². The first-order chi connectivity index (χ1) is 8.43. The quantitative estimate of drug-likeness (QED) is 0.128. The minimum absolute atomic E-state index is 0.0209. The molecular weight excluding hydrogens is 464 g/mol. The minimum atomic E-state index is -0.970. The molecule has 2 atom stereocenters. The van der Waals surface area contributed by atoms with Gasteiger partial charge < -0.3 is 0 Å². The van der Waals surface area contributed by atoms with E-state index in [9.17, 15) is 9.59 Å². The summed E-state index contributed by atoms with van der Waals surface area (Å²) in [5.41, 5.74) is 0. The van der Waals surface area contributed by atoms with Gasteiger partial charge in [-0.3, -0.25) is 0 Å². The molecule has 1 saturated carbocycles. The molecule has 5 nitrogen and oxygen atoms in total. The van der Waals surface area contributed by atoms with Crippen LogP contribution in [0.15, 0.2) is 0 Å². The number of carbonyl (C=O) groups is 2. The standard InChI is InChI=1S/C11H14I2NO4/c1-10(12,8-13-14-8)9(16)18-11-4-2-6(3-5-11)7(15)17-11/h6,8,14H,2-5H2,1H3/q-1. The zero-order chi connectivity index (χ0) is 13.0. The number of hydrogen-bond acceptors (Lipinski definition) is 5. The predicted molar refractivity (Wildman–Crippen MR) is 66.2 cm³/mol. The van der Waals surface area contributed by atoms with Gasteiger partial charge in [-0.25, -0.2) is 0 Å². The first kappa shape index (κ1) is 13.3. The van der Waals surface area contributed by atoms with Crippen molar-refractivity contribution in [2.75, 3.05) is 0 Å². The van der Waals surface area contributed by atoms with Crippen molar-refractivity contribution in [1.29, 1.82) is 0 Å². The number of hydrogen-bond donors (Lipinski definition) is 1. The summed E-state index contributed by atoms with van der Waals surface area (Å²) in [6.45, 7) is 1.88. The number of rotatable bonds is 3. The maximum atomic E-state index is 12.3. The molecule has 4 rings (SSSR count). The van der Waals surface area contributed by atoms with Crippen molar-refractivity contribution in [2.24, 2.45) is 5.92 Å². The molecule has 18 heavy (non-hydrogen) atoms. The maximum absolute atomic E-state index is 12.3. The monoisotopic (exact) mass is 478 g/mol. The van der Waals surface area contributed by atoms with E-state index in [1.807, 2.05) is 6.92 Å². The molecule has 2 bridgehead atoms. The van der Waals surface area contributed by atoms with E-state index < -0.39 is 9.21 Å². The molecule has 7 heteroatoms. The molecular formula is C11H14I2NO4-. The van der Waals surface area contributed by atoms with Gasteiger partial charge in [0.15, 0.2) is 0 Å². The molecule has 0 aromatic heterocycles. The van der Waals surface area contributed by atoms with Gasteiger partial charge >= 0.3 is 130 Å². The van der Waals surface area contributed by atoms with Crippen LogP contribution in [0.4, 0.5) is 0 Å².